The number of aromatic amines is 1. The largest absolute Gasteiger partial charge is 0.485 e. The maximum Gasteiger partial charge on any atom is 0.318 e. The zero-order valence-electron chi connectivity index (χ0n) is 23.0. The van der Waals surface area contributed by atoms with Crippen LogP contribution >= 0.6 is 0 Å². The van der Waals surface area contributed by atoms with Crippen molar-refractivity contribution in [2.75, 3.05) is 51.8 Å². The molecule has 39 heavy (non-hydrogen) atoms. The molecule has 3 aliphatic heterocycles. The molecule has 0 saturated carbocycles. The van der Waals surface area contributed by atoms with Crippen molar-refractivity contribution in [2.45, 2.75) is 50.6 Å². The molecule has 0 aliphatic carbocycles. The average Bonchev–Trinajstić information content (AvgIpc) is 3.60. The molecule has 6 rings (SSSR count). The Balaban J connectivity index is 1.34. The number of likely N-dealkylation sites (tertiary alicyclic amines) is 2. The number of benzene rings is 1. The fourth-order valence-corrected chi connectivity index (χ4v) is 6.31. The smallest absolute Gasteiger partial charge is 0.318 e. The number of ether oxygens (including phenoxy) is 2. The van der Waals surface area contributed by atoms with Crippen LogP contribution in [0.25, 0.3) is 10.9 Å². The molecule has 206 valence electrons. The Hall–Kier alpha value is -3.66. The number of H-pyrrole nitrogens is 1. The van der Waals surface area contributed by atoms with Gasteiger partial charge in [0, 0.05) is 37.5 Å². The standard InChI is InChI=1S/C29H37N7O3/c1-5-24(37)36-13-10-19(11-14-36)26-27-28(32-29(31-26)39-16-20-7-6-12-34(20)3)35(4)23(17-38-27)25-18(2)8-9-22-21(25)15-30-33-22/h5,8-9,15,19-20,23H,1,6-7,10-14,16-17H2,2-4H3,(H,30,33)/t20-,23?/m0/s1. The van der Waals surface area contributed by atoms with E-state index in [0.29, 0.717) is 38.4 Å². The number of aromatic nitrogens is 4. The van der Waals surface area contributed by atoms with E-state index in [0.717, 1.165) is 54.0 Å². The number of nitrogens with zero attached hydrogens (tertiary/aromatic N) is 6. The van der Waals surface area contributed by atoms with Crippen LogP contribution < -0.4 is 14.4 Å². The first kappa shape index (κ1) is 25.6. The molecule has 3 aromatic rings. The number of likely N-dealkylation sites (N-methyl/N-ethyl adjacent to an activating group) is 2. The Labute approximate surface area is 229 Å². The molecule has 2 saturated heterocycles. The molecule has 5 heterocycles. The molecular weight excluding hydrogens is 494 g/mol. The van der Waals surface area contributed by atoms with Crippen molar-refractivity contribution in [1.29, 1.82) is 0 Å². The van der Waals surface area contributed by atoms with Crippen molar-refractivity contribution in [3.8, 4) is 11.8 Å². The van der Waals surface area contributed by atoms with Gasteiger partial charge in [-0.2, -0.15) is 15.1 Å². The maximum absolute atomic E-state index is 12.2. The third-order valence-electron chi connectivity index (χ3n) is 8.70. The van der Waals surface area contributed by atoms with Crippen LogP contribution in [0.15, 0.2) is 31.0 Å². The van der Waals surface area contributed by atoms with Gasteiger partial charge in [0.15, 0.2) is 11.6 Å². The summed E-state index contributed by atoms with van der Waals surface area (Å²) in [6.45, 7) is 9.22. The Morgan fingerprint density at radius 1 is 1.21 bits per heavy atom. The number of hydrogen-bond acceptors (Lipinski definition) is 8. The first-order valence-corrected chi connectivity index (χ1v) is 13.9. The molecule has 1 amide bonds. The lowest BCUT2D eigenvalue weighted by atomic mass is 9.91. The van der Waals surface area contributed by atoms with Crippen molar-refractivity contribution in [3.05, 3.63) is 47.8 Å². The molecular formula is C29H37N7O3. The molecule has 0 bridgehead atoms. The van der Waals surface area contributed by atoms with Gasteiger partial charge < -0.3 is 24.2 Å². The second-order valence-corrected chi connectivity index (χ2v) is 11.0. The Bertz CT molecular complexity index is 1380. The SMILES string of the molecule is C=CC(=O)N1CCC(c2nc(OC[C@@H]3CCCN3C)nc3c2OCC(c2c(C)ccc4[nH]ncc24)N3C)CC1. The fraction of sp³-hybridized carbons (Fsp3) is 0.517. The topological polar surface area (TPSA) is 99.7 Å². The maximum atomic E-state index is 12.2. The summed E-state index contributed by atoms with van der Waals surface area (Å²) in [4.78, 5) is 28.4. The molecule has 1 aromatic carbocycles. The van der Waals surface area contributed by atoms with E-state index >= 15 is 0 Å². The molecule has 10 heteroatoms. The second kappa shape index (κ2) is 10.5. The van der Waals surface area contributed by atoms with Gasteiger partial charge in [-0.05, 0) is 69.5 Å². The number of amides is 1. The number of carbonyl (C=O) groups is 1. The van der Waals surface area contributed by atoms with Gasteiger partial charge in [-0.15, -0.1) is 0 Å². The highest BCUT2D eigenvalue weighted by Gasteiger charge is 2.36. The van der Waals surface area contributed by atoms with Gasteiger partial charge in [0.05, 0.1) is 23.4 Å². The van der Waals surface area contributed by atoms with Crippen LogP contribution in [0.3, 0.4) is 0 Å². The highest BCUT2D eigenvalue weighted by molar-refractivity contribution is 5.87. The summed E-state index contributed by atoms with van der Waals surface area (Å²) in [6.07, 6.45) is 7.18. The van der Waals surface area contributed by atoms with Crippen LogP contribution in [-0.2, 0) is 4.79 Å². The van der Waals surface area contributed by atoms with Gasteiger partial charge in [-0.1, -0.05) is 12.6 Å². The zero-order chi connectivity index (χ0) is 27.1. The van der Waals surface area contributed by atoms with Crippen LogP contribution in [0.1, 0.15) is 54.5 Å². The number of piperidine rings is 1. The third kappa shape index (κ3) is 4.71. The number of rotatable bonds is 6. The van der Waals surface area contributed by atoms with E-state index in [1.54, 1.807) is 0 Å². The van der Waals surface area contributed by atoms with Crippen molar-refractivity contribution >= 4 is 22.6 Å². The molecule has 0 spiro atoms. The number of aryl methyl sites for hydroxylation is 1. The molecule has 2 fully saturated rings. The number of hydrogen-bond donors (Lipinski definition) is 1. The van der Waals surface area contributed by atoms with Crippen LogP contribution in [0.4, 0.5) is 5.82 Å². The van der Waals surface area contributed by atoms with Gasteiger partial charge in [0.1, 0.15) is 13.2 Å². The summed E-state index contributed by atoms with van der Waals surface area (Å²) >= 11 is 0. The summed E-state index contributed by atoms with van der Waals surface area (Å²) < 4.78 is 12.8. The zero-order valence-corrected chi connectivity index (χ0v) is 23.0. The summed E-state index contributed by atoms with van der Waals surface area (Å²) in [5.74, 6) is 1.60. The van der Waals surface area contributed by atoms with E-state index in [-0.39, 0.29) is 17.9 Å². The molecule has 3 aliphatic rings. The first-order chi connectivity index (χ1) is 18.9. The predicted molar refractivity (Wildman–Crippen MR) is 149 cm³/mol. The second-order valence-electron chi connectivity index (χ2n) is 11.0. The predicted octanol–water partition coefficient (Wildman–Crippen LogP) is 3.60. The van der Waals surface area contributed by atoms with Gasteiger partial charge >= 0.3 is 6.01 Å². The quantitative estimate of drug-likeness (QED) is 0.482. The molecule has 1 unspecified atom stereocenters. The monoisotopic (exact) mass is 531 g/mol. The summed E-state index contributed by atoms with van der Waals surface area (Å²) in [5.41, 5.74) is 4.25. The molecule has 10 nitrogen and oxygen atoms in total. The van der Waals surface area contributed by atoms with E-state index in [9.17, 15) is 4.79 Å². The highest BCUT2D eigenvalue weighted by atomic mass is 16.5. The Morgan fingerprint density at radius 2 is 2.03 bits per heavy atom. The Kier molecular flexibility index (Phi) is 6.88. The summed E-state index contributed by atoms with van der Waals surface area (Å²) in [6, 6.07) is 4.90. The van der Waals surface area contributed by atoms with Crippen LogP contribution in [0.5, 0.6) is 11.8 Å². The van der Waals surface area contributed by atoms with E-state index in [2.05, 4.69) is 59.7 Å². The first-order valence-electron chi connectivity index (χ1n) is 13.9. The lowest BCUT2D eigenvalue weighted by molar-refractivity contribution is -0.127. The third-order valence-corrected chi connectivity index (χ3v) is 8.70. The van der Waals surface area contributed by atoms with Gasteiger partial charge in [0.25, 0.3) is 0 Å². The minimum atomic E-state index is -0.0394. The van der Waals surface area contributed by atoms with Crippen molar-refractivity contribution in [1.82, 2.24) is 30.0 Å². The van der Waals surface area contributed by atoms with Crippen LogP contribution in [0.2, 0.25) is 0 Å². The van der Waals surface area contributed by atoms with Crippen LogP contribution in [-0.4, -0.2) is 88.9 Å². The summed E-state index contributed by atoms with van der Waals surface area (Å²) in [5, 5.41) is 8.46. The van der Waals surface area contributed by atoms with Crippen molar-refractivity contribution in [2.24, 2.45) is 0 Å². The molecule has 1 N–H and O–H groups in total. The van der Waals surface area contributed by atoms with E-state index < -0.39 is 0 Å². The molecule has 0 radical (unpaired) electrons. The number of fused-ring (bicyclic) bond motifs is 2. The minimum Gasteiger partial charge on any atom is -0.485 e. The molecule has 2 atom stereocenters. The van der Waals surface area contributed by atoms with Crippen molar-refractivity contribution in [3.63, 3.8) is 0 Å². The van der Waals surface area contributed by atoms with E-state index in [1.165, 1.54) is 23.6 Å². The van der Waals surface area contributed by atoms with Gasteiger partial charge in [-0.25, -0.2) is 0 Å². The van der Waals surface area contributed by atoms with Crippen molar-refractivity contribution < 1.29 is 14.3 Å². The van der Waals surface area contributed by atoms with E-state index in [4.69, 9.17) is 19.4 Å². The lowest BCUT2D eigenvalue weighted by Gasteiger charge is -2.38. The highest BCUT2D eigenvalue weighted by Crippen LogP contribution is 2.45. The minimum absolute atomic E-state index is 0.0227. The number of anilines is 1. The normalized spacial score (nSPS) is 22.1. The number of carbonyl (C=O) groups excluding carboxylic acids is 1. The number of nitrogens with one attached hydrogen (secondary N) is 1. The average molecular weight is 532 g/mol. The fourth-order valence-electron chi connectivity index (χ4n) is 6.31. The Morgan fingerprint density at radius 3 is 2.77 bits per heavy atom. The van der Waals surface area contributed by atoms with E-state index in [1.807, 2.05) is 11.1 Å². The van der Waals surface area contributed by atoms with Gasteiger partial charge in [0.2, 0.25) is 5.91 Å². The molecule has 2 aromatic heterocycles. The van der Waals surface area contributed by atoms with Gasteiger partial charge in [-0.3, -0.25) is 9.89 Å². The van der Waals surface area contributed by atoms with Crippen LogP contribution in [0, 0.1) is 6.92 Å². The lowest BCUT2D eigenvalue weighted by Crippen LogP contribution is -2.38. The summed E-state index contributed by atoms with van der Waals surface area (Å²) in [7, 11) is 4.21.